The second-order valence-corrected chi connectivity index (χ2v) is 20.0. The quantitative estimate of drug-likeness (QED) is 0.131. The van der Waals surface area contributed by atoms with Crippen molar-refractivity contribution < 1.29 is 31.7 Å². The van der Waals surface area contributed by atoms with Gasteiger partial charge in [0.25, 0.3) is 0 Å². The van der Waals surface area contributed by atoms with Gasteiger partial charge in [0.15, 0.2) is 0 Å². The summed E-state index contributed by atoms with van der Waals surface area (Å²) < 4.78 is 38.6. The predicted molar refractivity (Wildman–Crippen MR) is 287 cm³/mol. The van der Waals surface area contributed by atoms with Crippen molar-refractivity contribution >= 4 is 11.0 Å². The average Bonchev–Trinajstić information content (AvgIpc) is 3.72. The van der Waals surface area contributed by atoms with E-state index < -0.39 is 23.6 Å². The van der Waals surface area contributed by atoms with Crippen molar-refractivity contribution in [1.82, 2.24) is 14.5 Å². The van der Waals surface area contributed by atoms with E-state index in [1.807, 2.05) is 121 Å². The van der Waals surface area contributed by atoms with Gasteiger partial charge in [0.2, 0.25) is 0 Å². The van der Waals surface area contributed by atoms with Crippen LogP contribution in [-0.2, 0) is 26.5 Å². The van der Waals surface area contributed by atoms with E-state index in [9.17, 15) is 5.11 Å². The minimum absolute atomic E-state index is 0. The first-order chi connectivity index (χ1) is 33.8. The van der Waals surface area contributed by atoms with Gasteiger partial charge in [-0.1, -0.05) is 196 Å². The van der Waals surface area contributed by atoms with Crippen molar-refractivity contribution in [1.29, 1.82) is 0 Å². The first-order valence-electron chi connectivity index (χ1n) is 25.6. The molecule has 0 radical (unpaired) electrons. The van der Waals surface area contributed by atoms with E-state index in [1.54, 1.807) is 19.9 Å². The predicted octanol–water partition coefficient (Wildman–Crippen LogP) is 17.7. The molecule has 7 aromatic carbocycles. The van der Waals surface area contributed by atoms with Gasteiger partial charge in [0.1, 0.15) is 11.6 Å². The van der Waals surface area contributed by atoms with E-state index in [0.717, 1.165) is 78.1 Å². The molecule has 69 heavy (non-hydrogen) atoms. The number of nitrogens with zero attached hydrogens (tertiary/aromatic N) is 3. The van der Waals surface area contributed by atoms with Crippen LogP contribution in [0.3, 0.4) is 0 Å². The van der Waals surface area contributed by atoms with Crippen LogP contribution in [0.4, 0.5) is 0 Å². The molecule has 0 spiro atoms. The largest absolute Gasteiger partial charge is 0.507 e. The second-order valence-electron chi connectivity index (χ2n) is 20.0. The van der Waals surface area contributed by atoms with E-state index in [1.165, 1.54) is 5.56 Å². The van der Waals surface area contributed by atoms with E-state index >= 15 is 0 Å². The average molecular weight is 1090 g/mol. The number of benzene rings is 7. The fourth-order valence-electron chi connectivity index (χ4n) is 9.24. The number of rotatable bonds is 11. The van der Waals surface area contributed by atoms with E-state index in [-0.39, 0.29) is 32.2 Å². The van der Waals surface area contributed by atoms with Crippen LogP contribution in [0.2, 0.25) is 0 Å². The first-order valence-corrected chi connectivity index (χ1v) is 23.6. The molecule has 0 unspecified atom stereocenters. The Hall–Kier alpha value is -6.35. The van der Waals surface area contributed by atoms with Crippen LogP contribution in [-0.4, -0.2) is 19.6 Å². The molecule has 0 aliphatic rings. The van der Waals surface area contributed by atoms with Crippen LogP contribution >= 0.6 is 0 Å². The fourth-order valence-corrected chi connectivity index (χ4v) is 9.24. The number of imidazole rings is 1. The maximum absolute atomic E-state index is 12.3. The third-order valence-corrected chi connectivity index (χ3v) is 13.1. The van der Waals surface area contributed by atoms with Gasteiger partial charge >= 0.3 is 0 Å². The summed E-state index contributed by atoms with van der Waals surface area (Å²) >= 11 is 0. The number of para-hydroxylation sites is 1. The number of aromatic hydroxyl groups is 1. The monoisotopic (exact) mass is 1090 g/mol. The van der Waals surface area contributed by atoms with Gasteiger partial charge in [-0.15, -0.1) is 29.3 Å². The number of hydrogen-bond acceptors (Lipinski definition) is 3. The Balaban J connectivity index is 0.00000711. The normalized spacial score (nSPS) is 13.3. The van der Waals surface area contributed by atoms with Gasteiger partial charge in [-0.05, 0) is 115 Å². The van der Waals surface area contributed by atoms with Crippen molar-refractivity contribution in [2.75, 3.05) is 0 Å². The zero-order chi connectivity index (χ0) is 51.7. The van der Waals surface area contributed by atoms with Crippen molar-refractivity contribution in [3.05, 3.63) is 192 Å². The molecular weight excluding hydrogens is 1020 g/mol. The van der Waals surface area contributed by atoms with Gasteiger partial charge < -0.3 is 5.11 Å². The van der Waals surface area contributed by atoms with Crippen LogP contribution in [0.15, 0.2) is 158 Å². The molecule has 9 aromatic rings. The number of phenolic OH excluding ortho intramolecular Hbond substituents is 1. The minimum atomic E-state index is -1.19. The Morgan fingerprint density at radius 2 is 1.13 bits per heavy atom. The zero-order valence-corrected chi connectivity index (χ0v) is 43.9. The first kappa shape index (κ1) is 43.9. The third kappa shape index (κ3) is 9.79. The van der Waals surface area contributed by atoms with E-state index in [0.29, 0.717) is 28.0 Å². The smallest absolute Gasteiger partial charge is 0.148 e. The molecule has 2 aromatic heterocycles. The Morgan fingerprint density at radius 1 is 0.551 bits per heavy atom. The minimum Gasteiger partial charge on any atom is -0.507 e. The summed E-state index contributed by atoms with van der Waals surface area (Å²) in [5.41, 5.74) is 15.8. The van der Waals surface area contributed by atoms with Crippen molar-refractivity contribution in [3.8, 4) is 78.6 Å². The van der Waals surface area contributed by atoms with E-state index in [2.05, 4.69) is 104 Å². The third-order valence-electron chi connectivity index (χ3n) is 13.1. The van der Waals surface area contributed by atoms with Gasteiger partial charge in [0, 0.05) is 44.1 Å². The molecule has 0 aliphatic carbocycles. The summed E-state index contributed by atoms with van der Waals surface area (Å²) in [6, 6.07) is 55.2. The molecule has 0 bridgehead atoms. The van der Waals surface area contributed by atoms with Crippen molar-refractivity contribution in [2.45, 2.75) is 105 Å². The summed E-state index contributed by atoms with van der Waals surface area (Å²) in [5.74, 6) is -3.69. The molecule has 0 saturated carbocycles. The molecule has 0 saturated heterocycles. The summed E-state index contributed by atoms with van der Waals surface area (Å²) in [7, 11) is 0. The standard InChI is InChI=1S/C64H64N3O.Pt/c1-39(2)48-36-56(42(7)8)62(68)57(37-48)63-66-61-55(21-16-22-59(61)67(63)52-29-27-46(28-30-52)60-53(40(3)4)19-15-20-54(60)41(5)6)49-33-50(35-51(34-49)64(9,10)11)58-38-47(31-32-65-58)45-25-23-44(24-26-45)43-17-13-12-14-18-43;/h12-32,34-42,68H,1-11H3;/q-1;/i39D,40D,41D,42D;. The maximum atomic E-state index is 12.3. The molecule has 0 amide bonds. The van der Waals surface area contributed by atoms with Gasteiger partial charge in [-0.2, -0.15) is 0 Å². The number of hydrogen-bond donors (Lipinski definition) is 1. The Labute approximate surface area is 430 Å². The number of aromatic nitrogens is 3. The molecule has 1 N–H and O–H groups in total. The molecule has 2 heterocycles. The summed E-state index contributed by atoms with van der Waals surface area (Å²) in [6.45, 7) is 21.3. The topological polar surface area (TPSA) is 50.9 Å². The Bertz CT molecular complexity index is 3440. The summed E-state index contributed by atoms with van der Waals surface area (Å²) in [6.07, 6.45) is 1.86. The van der Waals surface area contributed by atoms with Crippen LogP contribution < -0.4 is 0 Å². The number of pyridine rings is 1. The fraction of sp³-hybridized carbons (Fsp3) is 0.250. The molecular formula is C64H64N3OPt-. The molecule has 5 heteroatoms. The Morgan fingerprint density at radius 3 is 1.74 bits per heavy atom. The van der Waals surface area contributed by atoms with Crippen LogP contribution in [0, 0.1) is 6.07 Å². The van der Waals surface area contributed by atoms with Crippen LogP contribution in [0.5, 0.6) is 5.75 Å². The van der Waals surface area contributed by atoms with E-state index in [4.69, 9.17) is 15.5 Å². The summed E-state index contributed by atoms with van der Waals surface area (Å²) in [4.78, 5) is 10.4. The van der Waals surface area contributed by atoms with Gasteiger partial charge in [-0.25, -0.2) is 4.98 Å². The Kier molecular flexibility index (Phi) is 12.7. The second kappa shape index (κ2) is 19.9. The number of fused-ring (bicyclic) bond motifs is 1. The van der Waals surface area contributed by atoms with Crippen LogP contribution in [0.25, 0.3) is 83.9 Å². The molecule has 0 aliphatic heterocycles. The summed E-state index contributed by atoms with van der Waals surface area (Å²) in [5, 5.41) is 12.3. The molecule has 352 valence electrons. The van der Waals surface area contributed by atoms with Crippen molar-refractivity contribution in [2.24, 2.45) is 0 Å². The SMILES string of the molecule is [2H]C(C)(C)c1cc(-c2nc3c(-c4[c-]c(-c5cc(-c6ccc(-c7ccccc7)cc6)ccn5)cc(C(C)(C)C)c4)cccc3n2-c2ccc(-c3c(C([2H])(C)C)cccc3C([2H])(C)C)cc2)c(O)c(C([2H])(C)C)c1.[Pt]. The molecule has 9 rings (SSSR count). The molecule has 0 atom stereocenters. The number of phenols is 1. The zero-order valence-electron chi connectivity index (χ0n) is 45.6. The molecule has 0 fully saturated rings. The van der Waals surface area contributed by atoms with Crippen LogP contribution in [0.1, 0.15) is 133 Å². The van der Waals surface area contributed by atoms with Crippen molar-refractivity contribution in [3.63, 3.8) is 0 Å². The van der Waals surface area contributed by atoms with Gasteiger partial charge in [0.05, 0.1) is 16.6 Å². The van der Waals surface area contributed by atoms with Gasteiger partial charge in [-0.3, -0.25) is 9.55 Å². The maximum Gasteiger partial charge on any atom is 0.148 e. The molecule has 4 nitrogen and oxygen atoms in total.